The third kappa shape index (κ3) is 10.8. The van der Waals surface area contributed by atoms with Gasteiger partial charge in [-0.05, 0) is 49.6 Å². The van der Waals surface area contributed by atoms with Crippen LogP contribution in [0.4, 0.5) is 20.3 Å². The summed E-state index contributed by atoms with van der Waals surface area (Å²) in [6, 6.07) is 9.23. The molecule has 2 aromatic carbocycles. The number of anilines is 2. The number of nitriles is 1. The van der Waals surface area contributed by atoms with Crippen LogP contribution in [0.15, 0.2) is 48.9 Å². The summed E-state index contributed by atoms with van der Waals surface area (Å²) in [6.07, 6.45) is 7.73. The van der Waals surface area contributed by atoms with E-state index in [4.69, 9.17) is 26.3 Å². The zero-order valence-corrected chi connectivity index (χ0v) is 31.0. The Morgan fingerprint density at radius 2 is 1.68 bits per heavy atom. The number of nitrogens with one attached hydrogen (secondary N) is 2. The minimum atomic E-state index is -1.20. The summed E-state index contributed by atoms with van der Waals surface area (Å²) < 4.78 is 43.0. The van der Waals surface area contributed by atoms with Gasteiger partial charge < -0.3 is 24.6 Å². The predicted octanol–water partition coefficient (Wildman–Crippen LogP) is 8.78. The van der Waals surface area contributed by atoms with Crippen LogP contribution >= 0.6 is 11.6 Å². The van der Waals surface area contributed by atoms with E-state index < -0.39 is 18.2 Å². The predicted molar refractivity (Wildman–Crippen MR) is 196 cm³/mol. The summed E-state index contributed by atoms with van der Waals surface area (Å²) in [5, 5.41) is 14.9. The second-order valence-corrected chi connectivity index (χ2v) is 11.3. The molecule has 2 heterocycles. The molecule has 4 aromatic rings. The lowest BCUT2D eigenvalue weighted by molar-refractivity contribution is -0.946. The number of nitrogens with zero attached hydrogens (tertiary/aromatic N) is 5. The van der Waals surface area contributed by atoms with E-state index in [1.54, 1.807) is 34.9 Å². The van der Waals surface area contributed by atoms with Gasteiger partial charge in [0, 0.05) is 30.2 Å². The number of benzene rings is 2. The lowest BCUT2D eigenvalue weighted by atomic mass is 10.1. The van der Waals surface area contributed by atoms with Crippen molar-refractivity contribution in [1.29, 1.82) is 5.26 Å². The summed E-state index contributed by atoms with van der Waals surface area (Å²) in [6.45, 7) is 18.8. The first-order chi connectivity index (χ1) is 24.3. The van der Waals surface area contributed by atoms with Crippen LogP contribution in [0.25, 0.3) is 16.9 Å². The fraction of sp³-hybridized carbons (Fsp3) is 0.459. The number of halogens is 3. The van der Waals surface area contributed by atoms with E-state index in [9.17, 15) is 13.6 Å². The third-order valence-electron chi connectivity index (χ3n) is 7.51. The number of hydrogen-bond donors (Lipinski definition) is 2. The van der Waals surface area contributed by atoms with E-state index >= 15 is 0 Å². The Morgan fingerprint density at radius 3 is 2.30 bits per heavy atom. The van der Waals surface area contributed by atoms with Gasteiger partial charge in [0.1, 0.15) is 6.07 Å². The van der Waals surface area contributed by atoms with Crippen LogP contribution in [-0.4, -0.2) is 70.9 Å². The molecule has 0 aliphatic carbocycles. The molecule has 4 rings (SSSR count). The average molecular weight is 715 g/mol. The summed E-state index contributed by atoms with van der Waals surface area (Å²) in [5.41, 5.74) is 1.44. The topological polar surface area (TPSA) is 114 Å². The van der Waals surface area contributed by atoms with E-state index in [2.05, 4.69) is 41.4 Å². The highest BCUT2D eigenvalue weighted by molar-refractivity contribution is 6.34. The first-order valence-corrected chi connectivity index (χ1v) is 17.7. The Bertz CT molecular complexity index is 1680. The molecule has 2 aromatic heterocycles. The molecule has 0 unspecified atom stereocenters. The van der Waals surface area contributed by atoms with Gasteiger partial charge in [-0.15, -0.1) is 0 Å². The van der Waals surface area contributed by atoms with Crippen LogP contribution in [0.1, 0.15) is 78.1 Å². The number of ether oxygens (including phenoxy) is 2. The molecule has 0 bridgehead atoms. The molecule has 0 aliphatic rings. The Labute approximate surface area is 300 Å². The van der Waals surface area contributed by atoms with Gasteiger partial charge in [0.25, 0.3) is 5.91 Å². The van der Waals surface area contributed by atoms with Crippen molar-refractivity contribution in [3.63, 3.8) is 0 Å². The number of amides is 1. The highest BCUT2D eigenvalue weighted by Crippen LogP contribution is 2.32. The number of hydrogen-bond acceptors (Lipinski definition) is 7. The van der Waals surface area contributed by atoms with Crippen LogP contribution in [0, 0.1) is 23.0 Å². The maximum atomic E-state index is 15.0. The molecule has 0 aliphatic heterocycles. The van der Waals surface area contributed by atoms with Gasteiger partial charge in [0.05, 0.1) is 48.7 Å². The van der Waals surface area contributed by atoms with Crippen molar-refractivity contribution >= 4 is 34.7 Å². The Balaban J connectivity index is 0.00000209. The van der Waals surface area contributed by atoms with Crippen molar-refractivity contribution < 1.29 is 27.5 Å². The van der Waals surface area contributed by atoms with Crippen molar-refractivity contribution in [2.24, 2.45) is 0 Å². The number of fused-ring (bicyclic) bond motifs is 1. The van der Waals surface area contributed by atoms with Crippen LogP contribution in [0.5, 0.6) is 5.75 Å². The van der Waals surface area contributed by atoms with Gasteiger partial charge in [-0.3, -0.25) is 9.20 Å². The van der Waals surface area contributed by atoms with Gasteiger partial charge in [-0.25, -0.2) is 14.4 Å². The highest BCUT2D eigenvalue weighted by atomic mass is 35.5. The molecule has 0 saturated carbocycles. The second kappa shape index (κ2) is 21.7. The molecule has 0 atom stereocenters. The summed E-state index contributed by atoms with van der Waals surface area (Å²) in [7, 11) is 0. The lowest BCUT2D eigenvalue weighted by Gasteiger charge is -2.37. The van der Waals surface area contributed by atoms with Crippen molar-refractivity contribution in [1.82, 2.24) is 19.7 Å². The fourth-order valence-electron chi connectivity index (χ4n) is 5.61. The quantitative estimate of drug-likeness (QED) is 0.0639. The molecular formula is C37H51ClF2N7O3+. The average Bonchev–Trinajstić information content (AvgIpc) is 3.56. The SMILES string of the molecule is CC.CC.CCC[N+](CCC)(CCC)COCCNC(=O)c1ccc(Nc2nccn3c(-c4ccc(OCC#N)c(F)c4F)cnc23)cc1Cl. The number of aromatic nitrogens is 3. The summed E-state index contributed by atoms with van der Waals surface area (Å²) in [5.74, 6) is -2.67. The fourth-order valence-corrected chi connectivity index (χ4v) is 5.88. The number of rotatable bonds is 17. The van der Waals surface area contributed by atoms with Gasteiger partial charge in [0.15, 0.2) is 36.4 Å². The molecular weight excluding hydrogens is 664 g/mol. The molecule has 0 saturated heterocycles. The Morgan fingerprint density at radius 1 is 1.00 bits per heavy atom. The monoisotopic (exact) mass is 714 g/mol. The van der Waals surface area contributed by atoms with E-state index in [0.29, 0.717) is 42.6 Å². The normalized spacial score (nSPS) is 10.7. The number of carbonyl (C=O) groups is 1. The Hall–Kier alpha value is -4.31. The van der Waals surface area contributed by atoms with E-state index in [-0.39, 0.29) is 27.9 Å². The summed E-state index contributed by atoms with van der Waals surface area (Å²) in [4.78, 5) is 21.6. The van der Waals surface area contributed by atoms with Gasteiger partial charge >= 0.3 is 0 Å². The molecule has 272 valence electrons. The van der Waals surface area contributed by atoms with E-state index in [0.717, 1.165) is 43.4 Å². The molecule has 13 heteroatoms. The number of quaternary nitrogens is 1. The Kier molecular flexibility index (Phi) is 18.2. The van der Waals surface area contributed by atoms with Crippen molar-refractivity contribution in [2.75, 3.05) is 51.4 Å². The molecule has 0 spiro atoms. The van der Waals surface area contributed by atoms with Crippen molar-refractivity contribution in [3.05, 3.63) is 71.1 Å². The number of carbonyl (C=O) groups excluding carboxylic acids is 1. The molecule has 0 radical (unpaired) electrons. The molecule has 0 fully saturated rings. The second-order valence-electron chi connectivity index (χ2n) is 10.9. The smallest absolute Gasteiger partial charge is 0.252 e. The maximum absolute atomic E-state index is 15.0. The zero-order chi connectivity index (χ0) is 37.1. The first kappa shape index (κ1) is 41.9. The molecule has 50 heavy (non-hydrogen) atoms. The van der Waals surface area contributed by atoms with Gasteiger partial charge in [0.2, 0.25) is 5.82 Å². The van der Waals surface area contributed by atoms with Crippen LogP contribution in [0.3, 0.4) is 0 Å². The minimum Gasteiger partial charge on any atom is -0.476 e. The highest BCUT2D eigenvalue weighted by Gasteiger charge is 2.25. The first-order valence-electron chi connectivity index (χ1n) is 17.3. The van der Waals surface area contributed by atoms with Crippen LogP contribution in [-0.2, 0) is 4.74 Å². The molecule has 10 nitrogen and oxygen atoms in total. The number of imidazole rings is 1. The van der Waals surface area contributed by atoms with Crippen molar-refractivity contribution in [2.45, 2.75) is 67.7 Å². The summed E-state index contributed by atoms with van der Waals surface area (Å²) >= 11 is 6.49. The molecule has 2 N–H and O–H groups in total. The maximum Gasteiger partial charge on any atom is 0.252 e. The largest absolute Gasteiger partial charge is 0.476 e. The third-order valence-corrected chi connectivity index (χ3v) is 7.82. The standard InChI is InChI=1S/C33H38ClF2N7O3.2C2H6/c1-4-15-43(16-5-2,17-6-3)22-45-19-13-39-33(44)24-8-7-23(20-26(24)34)41-31-32-40-21-27(42(32)14-12-38-31)25-9-10-28(46-18-11-37)30(36)29(25)35;2*1-2/h7-10,12,14,20-21H,4-6,13,15-19,22H2,1-3H3,(H-,38,39,41,44);2*1-2H3/p+1. The van der Waals surface area contributed by atoms with E-state index in [1.165, 1.54) is 24.5 Å². The minimum absolute atomic E-state index is 0.0449. The lowest BCUT2D eigenvalue weighted by Crippen LogP contribution is -2.51. The van der Waals surface area contributed by atoms with Crippen LogP contribution < -0.4 is 15.4 Å². The van der Waals surface area contributed by atoms with Crippen molar-refractivity contribution in [3.8, 4) is 23.1 Å². The van der Waals surface area contributed by atoms with Gasteiger partial charge in [-0.1, -0.05) is 60.1 Å². The molecule has 1 amide bonds. The van der Waals surface area contributed by atoms with E-state index in [1.807, 2.05) is 27.7 Å². The van der Waals surface area contributed by atoms with Gasteiger partial charge in [-0.2, -0.15) is 9.65 Å². The zero-order valence-electron chi connectivity index (χ0n) is 30.3. The van der Waals surface area contributed by atoms with Crippen LogP contribution in [0.2, 0.25) is 5.02 Å².